The van der Waals surface area contributed by atoms with Crippen molar-refractivity contribution in [2.45, 2.75) is 32.4 Å². The van der Waals surface area contributed by atoms with Crippen molar-refractivity contribution in [1.29, 1.82) is 0 Å². The van der Waals surface area contributed by atoms with Gasteiger partial charge < -0.3 is 15.8 Å². The van der Waals surface area contributed by atoms with Gasteiger partial charge in [-0.05, 0) is 12.0 Å². The van der Waals surface area contributed by atoms with Crippen molar-refractivity contribution < 1.29 is 14.3 Å². The molecule has 5 nitrogen and oxygen atoms in total. The highest BCUT2D eigenvalue weighted by molar-refractivity contribution is 5.85. The molecule has 0 heterocycles. The maximum atomic E-state index is 12.1. The highest BCUT2D eigenvalue weighted by atomic mass is 16.5. The van der Waals surface area contributed by atoms with Gasteiger partial charge >= 0.3 is 5.97 Å². The zero-order chi connectivity index (χ0) is 15.1. The van der Waals surface area contributed by atoms with Crippen LogP contribution in [-0.4, -0.2) is 25.0 Å². The number of carbonyl (C=O) groups excluding carboxylic acids is 2. The fourth-order valence-electron chi connectivity index (χ4n) is 1.90. The van der Waals surface area contributed by atoms with E-state index in [1.807, 2.05) is 37.3 Å². The predicted molar refractivity (Wildman–Crippen MR) is 76.8 cm³/mol. The third kappa shape index (κ3) is 4.06. The Bertz CT molecular complexity index is 448. The van der Waals surface area contributed by atoms with Crippen LogP contribution in [0.2, 0.25) is 0 Å². The quantitative estimate of drug-likeness (QED) is 0.770. The second-order valence-corrected chi connectivity index (χ2v) is 4.72. The van der Waals surface area contributed by atoms with Crippen LogP contribution < -0.4 is 11.1 Å². The molecule has 3 atom stereocenters. The summed E-state index contributed by atoms with van der Waals surface area (Å²) >= 11 is 0. The fourth-order valence-corrected chi connectivity index (χ4v) is 1.90. The zero-order valence-electron chi connectivity index (χ0n) is 12.1. The van der Waals surface area contributed by atoms with Crippen LogP contribution in [0.3, 0.4) is 0 Å². The van der Waals surface area contributed by atoms with Gasteiger partial charge in [0.2, 0.25) is 5.91 Å². The van der Waals surface area contributed by atoms with Gasteiger partial charge in [-0.25, -0.2) is 4.79 Å². The molecule has 5 heteroatoms. The molecule has 1 amide bonds. The minimum atomic E-state index is -0.627. The third-order valence-electron chi connectivity index (χ3n) is 3.35. The molecule has 0 aliphatic rings. The van der Waals surface area contributed by atoms with Crippen LogP contribution in [0.5, 0.6) is 0 Å². The molecule has 3 N–H and O–H groups in total. The number of amides is 1. The lowest BCUT2D eigenvalue weighted by Gasteiger charge is -2.22. The van der Waals surface area contributed by atoms with E-state index in [0.29, 0.717) is 6.42 Å². The van der Waals surface area contributed by atoms with Crippen molar-refractivity contribution in [3.8, 4) is 0 Å². The second kappa shape index (κ2) is 7.65. The van der Waals surface area contributed by atoms with E-state index in [9.17, 15) is 9.59 Å². The molecule has 1 aromatic rings. The SMILES string of the molecule is CCC(NC(=O)C(C)C(N)c1ccccc1)C(=O)OC. The topological polar surface area (TPSA) is 81.4 Å². The summed E-state index contributed by atoms with van der Waals surface area (Å²) in [6, 6.07) is 8.37. The van der Waals surface area contributed by atoms with Crippen LogP contribution in [-0.2, 0) is 14.3 Å². The summed E-state index contributed by atoms with van der Waals surface area (Å²) in [6.45, 7) is 3.56. The first-order chi connectivity index (χ1) is 9.51. The van der Waals surface area contributed by atoms with Gasteiger partial charge in [0.1, 0.15) is 6.04 Å². The summed E-state index contributed by atoms with van der Waals surface area (Å²) in [5.74, 6) is -1.13. The van der Waals surface area contributed by atoms with E-state index in [1.165, 1.54) is 7.11 Å². The summed E-state index contributed by atoms with van der Waals surface area (Å²) in [5.41, 5.74) is 6.98. The van der Waals surface area contributed by atoms with E-state index in [0.717, 1.165) is 5.56 Å². The lowest BCUT2D eigenvalue weighted by atomic mass is 9.94. The van der Waals surface area contributed by atoms with Gasteiger partial charge in [-0.1, -0.05) is 44.2 Å². The maximum absolute atomic E-state index is 12.1. The summed E-state index contributed by atoms with van der Waals surface area (Å²) in [6.07, 6.45) is 0.478. The highest BCUT2D eigenvalue weighted by Crippen LogP contribution is 2.19. The lowest BCUT2D eigenvalue weighted by molar-refractivity contribution is -0.145. The van der Waals surface area contributed by atoms with Gasteiger partial charge in [0, 0.05) is 6.04 Å². The number of benzene rings is 1. The number of hydrogen-bond donors (Lipinski definition) is 2. The predicted octanol–water partition coefficient (Wildman–Crippen LogP) is 1.39. The Hall–Kier alpha value is -1.88. The van der Waals surface area contributed by atoms with Crippen molar-refractivity contribution in [2.24, 2.45) is 11.7 Å². The monoisotopic (exact) mass is 278 g/mol. The van der Waals surface area contributed by atoms with Crippen LogP contribution >= 0.6 is 0 Å². The molecule has 3 unspecified atom stereocenters. The fraction of sp³-hybridized carbons (Fsp3) is 0.467. The van der Waals surface area contributed by atoms with Crippen molar-refractivity contribution >= 4 is 11.9 Å². The Balaban J connectivity index is 2.69. The Morgan fingerprint density at radius 3 is 2.40 bits per heavy atom. The van der Waals surface area contributed by atoms with E-state index in [4.69, 9.17) is 5.73 Å². The molecule has 1 rings (SSSR count). The summed E-state index contributed by atoms with van der Waals surface area (Å²) in [5, 5.41) is 2.67. The van der Waals surface area contributed by atoms with Crippen LogP contribution in [0.1, 0.15) is 31.9 Å². The van der Waals surface area contributed by atoms with Crippen molar-refractivity contribution in [1.82, 2.24) is 5.32 Å². The largest absolute Gasteiger partial charge is 0.467 e. The third-order valence-corrected chi connectivity index (χ3v) is 3.35. The Kier molecular flexibility index (Phi) is 6.18. The highest BCUT2D eigenvalue weighted by Gasteiger charge is 2.26. The van der Waals surface area contributed by atoms with Crippen molar-refractivity contribution in [2.75, 3.05) is 7.11 Å². The van der Waals surface area contributed by atoms with Gasteiger partial charge in [0.15, 0.2) is 0 Å². The van der Waals surface area contributed by atoms with Gasteiger partial charge in [0.25, 0.3) is 0 Å². The van der Waals surface area contributed by atoms with Gasteiger partial charge in [-0.2, -0.15) is 0 Å². The first kappa shape index (κ1) is 16.2. The average Bonchev–Trinajstić information content (AvgIpc) is 2.50. The van der Waals surface area contributed by atoms with Gasteiger partial charge in [-0.15, -0.1) is 0 Å². The second-order valence-electron chi connectivity index (χ2n) is 4.72. The van der Waals surface area contributed by atoms with E-state index in [1.54, 1.807) is 6.92 Å². The summed E-state index contributed by atoms with van der Waals surface area (Å²) in [7, 11) is 1.30. The lowest BCUT2D eigenvalue weighted by Crippen LogP contribution is -2.45. The van der Waals surface area contributed by atoms with Crippen LogP contribution in [0.25, 0.3) is 0 Å². The molecule has 0 radical (unpaired) electrons. The minimum absolute atomic E-state index is 0.251. The molecule has 0 saturated heterocycles. The van der Waals surface area contributed by atoms with E-state index < -0.39 is 24.0 Å². The summed E-state index contributed by atoms with van der Waals surface area (Å²) < 4.78 is 4.64. The number of ether oxygens (including phenoxy) is 1. The normalized spacial score (nSPS) is 15.0. The number of nitrogens with two attached hydrogens (primary N) is 1. The van der Waals surface area contributed by atoms with Gasteiger partial charge in [-0.3, -0.25) is 4.79 Å². The Morgan fingerprint density at radius 1 is 1.30 bits per heavy atom. The van der Waals surface area contributed by atoms with Crippen molar-refractivity contribution in [3.05, 3.63) is 35.9 Å². The Labute approximate surface area is 119 Å². The molecule has 0 saturated carbocycles. The molecular weight excluding hydrogens is 256 g/mol. The van der Waals surface area contributed by atoms with E-state index in [-0.39, 0.29) is 5.91 Å². The molecule has 0 aliphatic heterocycles. The van der Waals surface area contributed by atoms with Crippen LogP contribution in [0, 0.1) is 5.92 Å². The molecule has 20 heavy (non-hydrogen) atoms. The molecule has 0 spiro atoms. The number of methoxy groups -OCH3 is 1. The molecule has 0 aliphatic carbocycles. The number of esters is 1. The molecular formula is C15H22N2O3. The van der Waals surface area contributed by atoms with E-state index >= 15 is 0 Å². The number of hydrogen-bond acceptors (Lipinski definition) is 4. The standard InChI is InChI=1S/C15H22N2O3/c1-4-12(15(19)20-3)17-14(18)10(2)13(16)11-8-6-5-7-9-11/h5-10,12-13H,4,16H2,1-3H3,(H,17,18). The first-order valence-electron chi connectivity index (χ1n) is 6.70. The van der Waals surface area contributed by atoms with Crippen molar-refractivity contribution in [3.63, 3.8) is 0 Å². The first-order valence-corrected chi connectivity index (χ1v) is 6.70. The minimum Gasteiger partial charge on any atom is -0.467 e. The number of nitrogens with one attached hydrogen (secondary N) is 1. The molecule has 0 bridgehead atoms. The molecule has 0 aromatic heterocycles. The number of rotatable bonds is 6. The number of carbonyl (C=O) groups is 2. The average molecular weight is 278 g/mol. The molecule has 1 aromatic carbocycles. The molecule has 110 valence electrons. The smallest absolute Gasteiger partial charge is 0.328 e. The summed E-state index contributed by atoms with van der Waals surface area (Å²) in [4.78, 5) is 23.6. The van der Waals surface area contributed by atoms with Crippen LogP contribution in [0.4, 0.5) is 0 Å². The maximum Gasteiger partial charge on any atom is 0.328 e. The Morgan fingerprint density at radius 2 is 1.90 bits per heavy atom. The van der Waals surface area contributed by atoms with Gasteiger partial charge in [0.05, 0.1) is 13.0 Å². The van der Waals surface area contributed by atoms with Crippen LogP contribution in [0.15, 0.2) is 30.3 Å². The van der Waals surface area contributed by atoms with E-state index in [2.05, 4.69) is 10.1 Å². The zero-order valence-corrected chi connectivity index (χ0v) is 12.1. The molecule has 0 fully saturated rings.